The number of benzene rings is 2. The van der Waals surface area contributed by atoms with E-state index in [4.69, 9.17) is 0 Å². The average molecular weight is 461 g/mol. The first kappa shape index (κ1) is 22.5. The molecule has 0 N–H and O–H groups in total. The molecule has 168 valence electrons. The van der Waals surface area contributed by atoms with Crippen molar-refractivity contribution < 1.29 is 18.0 Å². The monoisotopic (exact) mass is 460 g/mol. The van der Waals surface area contributed by atoms with Crippen LogP contribution in [0.25, 0.3) is 10.9 Å². The van der Waals surface area contributed by atoms with Crippen molar-refractivity contribution >= 4 is 28.6 Å². The molecule has 0 radical (unpaired) electrons. The molecular weight excluding hydrogens is 437 g/mol. The Morgan fingerprint density at radius 3 is 2.34 bits per heavy atom. The van der Waals surface area contributed by atoms with Crippen LogP contribution in [0.3, 0.4) is 0 Å². The zero-order chi connectivity index (χ0) is 22.7. The molecular formula is C23H23F3N4OS. The zero-order valence-electron chi connectivity index (χ0n) is 17.5. The Morgan fingerprint density at radius 2 is 1.66 bits per heavy atom. The fourth-order valence-electron chi connectivity index (χ4n) is 3.81. The minimum atomic E-state index is -4.64. The number of fused-ring (bicyclic) bond motifs is 1. The van der Waals surface area contributed by atoms with Crippen LogP contribution in [-0.2, 0) is 11.0 Å². The fourth-order valence-corrected chi connectivity index (χ4v) is 4.73. The number of thioether (sulfide) groups is 1. The first-order valence-electron chi connectivity index (χ1n) is 10.4. The number of para-hydroxylation sites is 1. The third kappa shape index (κ3) is 5.05. The number of hydrogen-bond acceptors (Lipinski definition) is 5. The highest BCUT2D eigenvalue weighted by molar-refractivity contribution is 8.00. The minimum Gasteiger partial charge on any atom is -0.339 e. The van der Waals surface area contributed by atoms with E-state index in [-0.39, 0.29) is 28.2 Å². The number of halogens is 3. The maximum atomic E-state index is 13.2. The Kier molecular flexibility index (Phi) is 6.66. The van der Waals surface area contributed by atoms with Crippen molar-refractivity contribution in [3.05, 3.63) is 66.0 Å². The average Bonchev–Trinajstić information content (AvgIpc) is 2.81. The van der Waals surface area contributed by atoms with Crippen LogP contribution in [0.2, 0.25) is 0 Å². The van der Waals surface area contributed by atoms with Gasteiger partial charge in [-0.1, -0.05) is 60.3 Å². The number of carbonyl (C=O) groups is 1. The number of alkyl halides is 3. The molecule has 1 aliphatic rings. The summed E-state index contributed by atoms with van der Waals surface area (Å²) in [6.07, 6.45) is -4.64. The SMILES string of the molecule is CC(c1ccccc1)N1CCN(C(=O)CSc2nc(C(F)(F)F)nc3ccccc23)CC1. The van der Waals surface area contributed by atoms with Gasteiger partial charge in [-0.25, -0.2) is 9.97 Å². The minimum absolute atomic E-state index is 0.0343. The summed E-state index contributed by atoms with van der Waals surface area (Å²) in [4.78, 5) is 24.2. The number of hydrogen-bond donors (Lipinski definition) is 0. The second kappa shape index (κ2) is 9.46. The molecule has 5 nitrogen and oxygen atoms in total. The van der Waals surface area contributed by atoms with E-state index >= 15 is 0 Å². The van der Waals surface area contributed by atoms with Gasteiger partial charge in [0, 0.05) is 37.6 Å². The summed E-state index contributed by atoms with van der Waals surface area (Å²) in [5.41, 5.74) is 1.45. The lowest BCUT2D eigenvalue weighted by Crippen LogP contribution is -2.49. The first-order chi connectivity index (χ1) is 15.3. The van der Waals surface area contributed by atoms with Crippen LogP contribution >= 0.6 is 11.8 Å². The summed E-state index contributed by atoms with van der Waals surface area (Å²) in [6.45, 7) is 4.84. The van der Waals surface area contributed by atoms with E-state index in [0.29, 0.717) is 18.5 Å². The van der Waals surface area contributed by atoms with Crippen LogP contribution in [0.4, 0.5) is 13.2 Å². The molecule has 1 fully saturated rings. The molecule has 1 saturated heterocycles. The summed E-state index contributed by atoms with van der Waals surface area (Å²) in [7, 11) is 0. The Balaban J connectivity index is 1.39. The molecule has 0 bridgehead atoms. The number of amides is 1. The Hall–Kier alpha value is -2.65. The van der Waals surface area contributed by atoms with Gasteiger partial charge in [-0.15, -0.1) is 0 Å². The smallest absolute Gasteiger partial charge is 0.339 e. The number of piperazine rings is 1. The highest BCUT2D eigenvalue weighted by atomic mass is 32.2. The summed E-state index contributed by atoms with van der Waals surface area (Å²) >= 11 is 1.03. The Morgan fingerprint density at radius 1 is 1.00 bits per heavy atom. The lowest BCUT2D eigenvalue weighted by Gasteiger charge is -2.38. The van der Waals surface area contributed by atoms with Gasteiger partial charge < -0.3 is 4.90 Å². The fraction of sp³-hybridized carbons (Fsp3) is 0.348. The third-order valence-electron chi connectivity index (χ3n) is 5.65. The maximum Gasteiger partial charge on any atom is 0.451 e. The highest BCUT2D eigenvalue weighted by Crippen LogP contribution is 2.32. The quantitative estimate of drug-likeness (QED) is 0.410. The molecule has 2 heterocycles. The van der Waals surface area contributed by atoms with E-state index in [1.54, 1.807) is 23.1 Å². The molecule has 1 atom stereocenters. The van der Waals surface area contributed by atoms with Gasteiger partial charge in [-0.05, 0) is 18.6 Å². The molecule has 32 heavy (non-hydrogen) atoms. The molecule has 2 aromatic carbocycles. The number of aromatic nitrogens is 2. The molecule has 9 heteroatoms. The van der Waals surface area contributed by atoms with Gasteiger partial charge in [-0.3, -0.25) is 9.69 Å². The topological polar surface area (TPSA) is 49.3 Å². The van der Waals surface area contributed by atoms with Crippen LogP contribution in [0.15, 0.2) is 59.6 Å². The van der Waals surface area contributed by atoms with Gasteiger partial charge >= 0.3 is 6.18 Å². The lowest BCUT2D eigenvalue weighted by atomic mass is 10.1. The lowest BCUT2D eigenvalue weighted by molar-refractivity contribution is -0.145. The molecule has 4 rings (SSSR count). The second-order valence-electron chi connectivity index (χ2n) is 7.66. The largest absolute Gasteiger partial charge is 0.451 e. The van der Waals surface area contributed by atoms with E-state index in [1.165, 1.54) is 11.6 Å². The third-order valence-corrected chi connectivity index (χ3v) is 6.63. The number of rotatable bonds is 5. The van der Waals surface area contributed by atoms with Gasteiger partial charge in [0.2, 0.25) is 11.7 Å². The second-order valence-corrected chi connectivity index (χ2v) is 8.62. The van der Waals surface area contributed by atoms with Crippen LogP contribution in [0.5, 0.6) is 0 Å². The first-order valence-corrected chi connectivity index (χ1v) is 11.3. The van der Waals surface area contributed by atoms with Gasteiger partial charge in [-0.2, -0.15) is 13.2 Å². The molecule has 1 unspecified atom stereocenters. The van der Waals surface area contributed by atoms with Crippen molar-refractivity contribution in [2.45, 2.75) is 24.2 Å². The van der Waals surface area contributed by atoms with E-state index in [9.17, 15) is 18.0 Å². The van der Waals surface area contributed by atoms with Crippen molar-refractivity contribution in [1.29, 1.82) is 0 Å². The van der Waals surface area contributed by atoms with Gasteiger partial charge in [0.1, 0.15) is 5.03 Å². The highest BCUT2D eigenvalue weighted by Gasteiger charge is 2.35. The summed E-state index contributed by atoms with van der Waals surface area (Å²) in [5.74, 6) is -1.25. The summed E-state index contributed by atoms with van der Waals surface area (Å²) in [5, 5.41) is 0.687. The molecule has 0 aliphatic carbocycles. The molecule has 1 amide bonds. The Labute approximate surface area is 188 Å². The van der Waals surface area contributed by atoms with E-state index in [2.05, 4.69) is 33.9 Å². The summed E-state index contributed by atoms with van der Waals surface area (Å²) in [6, 6.07) is 17.0. The van der Waals surface area contributed by atoms with Crippen LogP contribution < -0.4 is 0 Å². The maximum absolute atomic E-state index is 13.2. The van der Waals surface area contributed by atoms with Gasteiger partial charge in [0.15, 0.2) is 0 Å². The van der Waals surface area contributed by atoms with Crippen molar-refractivity contribution in [1.82, 2.24) is 19.8 Å². The zero-order valence-corrected chi connectivity index (χ0v) is 18.4. The number of carbonyl (C=O) groups excluding carboxylic acids is 1. The van der Waals surface area contributed by atoms with Crippen molar-refractivity contribution in [3.8, 4) is 0 Å². The molecule has 0 saturated carbocycles. The molecule has 1 aliphatic heterocycles. The normalized spacial score (nSPS) is 16.3. The number of nitrogens with zero attached hydrogens (tertiary/aromatic N) is 4. The van der Waals surface area contributed by atoms with Crippen molar-refractivity contribution in [2.75, 3.05) is 31.9 Å². The Bertz CT molecular complexity index is 1090. The van der Waals surface area contributed by atoms with E-state index in [0.717, 1.165) is 24.9 Å². The van der Waals surface area contributed by atoms with Crippen LogP contribution in [0.1, 0.15) is 24.4 Å². The van der Waals surface area contributed by atoms with E-state index in [1.807, 2.05) is 18.2 Å². The van der Waals surface area contributed by atoms with Crippen LogP contribution in [-0.4, -0.2) is 57.6 Å². The molecule has 3 aromatic rings. The predicted octanol–water partition coefficient (Wildman–Crippen LogP) is 4.65. The van der Waals surface area contributed by atoms with Crippen molar-refractivity contribution in [3.63, 3.8) is 0 Å². The van der Waals surface area contributed by atoms with E-state index < -0.39 is 12.0 Å². The van der Waals surface area contributed by atoms with Gasteiger partial charge in [0.05, 0.1) is 11.3 Å². The molecule has 1 aromatic heterocycles. The molecule has 0 spiro atoms. The van der Waals surface area contributed by atoms with Crippen molar-refractivity contribution in [2.24, 2.45) is 0 Å². The standard InChI is InChI=1S/C23H23F3N4OS/c1-16(17-7-3-2-4-8-17)29-11-13-30(14-12-29)20(31)15-32-21-18-9-5-6-10-19(18)27-22(28-21)23(24,25)26/h2-10,16H,11-15H2,1H3. The summed E-state index contributed by atoms with van der Waals surface area (Å²) < 4.78 is 39.6. The van der Waals surface area contributed by atoms with Crippen LogP contribution in [0, 0.1) is 0 Å². The predicted molar refractivity (Wildman–Crippen MR) is 118 cm³/mol. The van der Waals surface area contributed by atoms with Gasteiger partial charge in [0.25, 0.3) is 0 Å².